The molecule has 0 aliphatic rings. The van der Waals surface area contributed by atoms with Crippen molar-refractivity contribution in [3.05, 3.63) is 100 Å². The van der Waals surface area contributed by atoms with E-state index < -0.39 is 0 Å². The summed E-state index contributed by atoms with van der Waals surface area (Å²) in [7, 11) is 0. The molecule has 0 unspecified atom stereocenters. The summed E-state index contributed by atoms with van der Waals surface area (Å²) in [6.45, 7) is 6.03. The summed E-state index contributed by atoms with van der Waals surface area (Å²) in [5.74, 6) is 0.692. The summed E-state index contributed by atoms with van der Waals surface area (Å²) < 4.78 is 7.05. The van der Waals surface area contributed by atoms with Crippen LogP contribution in [0.15, 0.2) is 82.5 Å². The largest absolute Gasteiger partial charge is 0.444 e. The minimum Gasteiger partial charge on any atom is -0.444 e. The Labute approximate surface area is 179 Å². The summed E-state index contributed by atoms with van der Waals surface area (Å²) >= 11 is 0. The van der Waals surface area contributed by atoms with Gasteiger partial charge in [-0.2, -0.15) is 9.78 Å². The van der Waals surface area contributed by atoms with E-state index in [1.807, 2.05) is 75.4 Å². The monoisotopic (exact) mass is 407 g/mol. The Balaban J connectivity index is 1.85. The van der Waals surface area contributed by atoms with Crippen molar-refractivity contribution in [1.82, 2.24) is 14.8 Å². The minimum atomic E-state index is -0.125. The second-order valence-corrected chi connectivity index (χ2v) is 7.80. The molecular formula is C26H21N3O2. The van der Waals surface area contributed by atoms with E-state index in [9.17, 15) is 4.79 Å². The number of aromatic nitrogens is 3. The van der Waals surface area contributed by atoms with Gasteiger partial charge in [0.05, 0.1) is 23.0 Å². The van der Waals surface area contributed by atoms with E-state index in [4.69, 9.17) is 9.52 Å². The number of rotatable bonds is 3. The lowest BCUT2D eigenvalue weighted by molar-refractivity contribution is 0.572. The molecule has 0 saturated carbocycles. The van der Waals surface area contributed by atoms with Crippen molar-refractivity contribution < 1.29 is 4.42 Å². The van der Waals surface area contributed by atoms with Crippen LogP contribution in [0.5, 0.6) is 0 Å². The Morgan fingerprint density at radius 1 is 0.839 bits per heavy atom. The maximum absolute atomic E-state index is 13.4. The first kappa shape index (κ1) is 19.0. The second-order valence-electron chi connectivity index (χ2n) is 7.80. The molecule has 0 radical (unpaired) electrons. The third-order valence-corrected chi connectivity index (χ3v) is 5.52. The molecular weight excluding hydrogens is 386 g/mol. The first-order valence-corrected chi connectivity index (χ1v) is 10.1. The average molecular weight is 407 g/mol. The predicted molar refractivity (Wildman–Crippen MR) is 122 cm³/mol. The summed E-state index contributed by atoms with van der Waals surface area (Å²) in [6.07, 6.45) is 3.12. The van der Waals surface area contributed by atoms with Crippen LogP contribution in [0.2, 0.25) is 0 Å². The fourth-order valence-electron chi connectivity index (χ4n) is 4.11. The van der Waals surface area contributed by atoms with Crippen molar-refractivity contribution in [2.45, 2.75) is 20.8 Å². The first-order valence-electron chi connectivity index (χ1n) is 10.1. The van der Waals surface area contributed by atoms with Crippen molar-refractivity contribution in [1.29, 1.82) is 0 Å². The van der Waals surface area contributed by atoms with Gasteiger partial charge in [-0.1, -0.05) is 36.4 Å². The molecule has 0 atom stereocenters. The standard InChI is InChI=1S/C26H21N3O2/c1-16-11-19(23-14-27-15-31-23)13-20(12-16)24-21-9-4-5-10-22(21)26(30)29(28-24)25-17(2)7-6-8-18(25)3/h4-15H,1-3H3. The minimum absolute atomic E-state index is 0.125. The van der Waals surface area contributed by atoms with Crippen molar-refractivity contribution in [2.75, 3.05) is 0 Å². The molecule has 0 amide bonds. The molecule has 31 heavy (non-hydrogen) atoms. The maximum Gasteiger partial charge on any atom is 0.279 e. The molecule has 5 rings (SSSR count). The predicted octanol–water partition coefficient (Wildman–Crippen LogP) is 5.63. The van der Waals surface area contributed by atoms with Crippen LogP contribution in [0.4, 0.5) is 0 Å². The summed E-state index contributed by atoms with van der Waals surface area (Å²) in [4.78, 5) is 17.5. The number of benzene rings is 3. The van der Waals surface area contributed by atoms with Crippen LogP contribution in [0.1, 0.15) is 16.7 Å². The van der Waals surface area contributed by atoms with Crippen LogP contribution in [0.3, 0.4) is 0 Å². The molecule has 5 nitrogen and oxygen atoms in total. The molecule has 0 fully saturated rings. The molecule has 5 heteroatoms. The molecule has 0 spiro atoms. The highest BCUT2D eigenvalue weighted by atomic mass is 16.3. The quantitative estimate of drug-likeness (QED) is 0.389. The zero-order chi connectivity index (χ0) is 21.5. The summed E-state index contributed by atoms with van der Waals surface area (Å²) in [5.41, 5.74) is 6.36. The molecule has 0 saturated heterocycles. The third-order valence-electron chi connectivity index (χ3n) is 5.52. The van der Waals surface area contributed by atoms with Crippen LogP contribution in [-0.2, 0) is 0 Å². The van der Waals surface area contributed by atoms with Gasteiger partial charge >= 0.3 is 0 Å². The average Bonchev–Trinajstić information content (AvgIpc) is 3.30. The molecule has 0 aliphatic carbocycles. The van der Waals surface area contributed by atoms with Gasteiger partial charge in [-0.3, -0.25) is 4.79 Å². The van der Waals surface area contributed by atoms with Gasteiger partial charge in [0, 0.05) is 16.5 Å². The fourth-order valence-corrected chi connectivity index (χ4v) is 4.11. The second kappa shape index (κ2) is 7.36. The lowest BCUT2D eigenvalue weighted by Crippen LogP contribution is -2.23. The van der Waals surface area contributed by atoms with E-state index in [2.05, 4.69) is 11.1 Å². The van der Waals surface area contributed by atoms with Gasteiger partial charge in [0.25, 0.3) is 5.56 Å². The van der Waals surface area contributed by atoms with Gasteiger partial charge in [-0.15, -0.1) is 0 Å². The number of para-hydroxylation sites is 1. The smallest absolute Gasteiger partial charge is 0.279 e. The van der Waals surface area contributed by atoms with E-state index in [-0.39, 0.29) is 5.56 Å². The number of nitrogens with zero attached hydrogens (tertiary/aromatic N) is 3. The zero-order valence-electron chi connectivity index (χ0n) is 17.6. The van der Waals surface area contributed by atoms with E-state index in [0.29, 0.717) is 11.1 Å². The topological polar surface area (TPSA) is 60.9 Å². The first-order chi connectivity index (χ1) is 15.0. The Hall–Kier alpha value is -3.99. The van der Waals surface area contributed by atoms with Gasteiger partial charge in [0.15, 0.2) is 12.2 Å². The summed E-state index contributed by atoms with van der Waals surface area (Å²) in [5, 5.41) is 6.34. The van der Waals surface area contributed by atoms with Crippen molar-refractivity contribution >= 4 is 10.8 Å². The van der Waals surface area contributed by atoms with Crippen molar-refractivity contribution in [3.63, 3.8) is 0 Å². The van der Waals surface area contributed by atoms with Gasteiger partial charge in [-0.25, -0.2) is 4.98 Å². The number of fused-ring (bicyclic) bond motifs is 1. The van der Waals surface area contributed by atoms with E-state index in [1.54, 1.807) is 10.9 Å². The Bertz CT molecular complexity index is 1460. The molecule has 0 N–H and O–H groups in total. The SMILES string of the molecule is Cc1cc(-c2cnco2)cc(-c2nn(-c3c(C)cccc3C)c(=O)c3ccccc23)c1. The summed E-state index contributed by atoms with van der Waals surface area (Å²) in [6, 6.07) is 19.8. The molecule has 3 aromatic carbocycles. The highest BCUT2D eigenvalue weighted by Gasteiger charge is 2.17. The van der Waals surface area contributed by atoms with Crippen LogP contribution in [0, 0.1) is 20.8 Å². The molecule has 152 valence electrons. The molecule has 5 aromatic rings. The Kier molecular flexibility index (Phi) is 4.51. The Morgan fingerprint density at radius 2 is 1.55 bits per heavy atom. The zero-order valence-corrected chi connectivity index (χ0v) is 17.6. The van der Waals surface area contributed by atoms with E-state index >= 15 is 0 Å². The lowest BCUT2D eigenvalue weighted by Gasteiger charge is -2.15. The number of hydrogen-bond donors (Lipinski definition) is 0. The van der Waals surface area contributed by atoms with Crippen LogP contribution < -0.4 is 5.56 Å². The van der Waals surface area contributed by atoms with Gasteiger partial charge in [0.2, 0.25) is 0 Å². The van der Waals surface area contributed by atoms with Gasteiger partial charge in [0.1, 0.15) is 0 Å². The van der Waals surface area contributed by atoms with Crippen molar-refractivity contribution in [2.24, 2.45) is 0 Å². The van der Waals surface area contributed by atoms with Gasteiger partial charge in [-0.05, 0) is 61.7 Å². The van der Waals surface area contributed by atoms with E-state index in [1.165, 1.54) is 6.39 Å². The maximum atomic E-state index is 13.4. The van der Waals surface area contributed by atoms with Crippen molar-refractivity contribution in [3.8, 4) is 28.3 Å². The normalized spacial score (nSPS) is 11.2. The highest BCUT2D eigenvalue weighted by Crippen LogP contribution is 2.31. The Morgan fingerprint density at radius 3 is 2.26 bits per heavy atom. The van der Waals surface area contributed by atoms with E-state index in [0.717, 1.165) is 44.6 Å². The third kappa shape index (κ3) is 3.24. The molecule has 2 heterocycles. The van der Waals surface area contributed by atoms with Crippen LogP contribution in [-0.4, -0.2) is 14.8 Å². The lowest BCUT2D eigenvalue weighted by atomic mass is 9.99. The highest BCUT2D eigenvalue weighted by molar-refractivity contribution is 5.94. The van der Waals surface area contributed by atoms with Crippen LogP contribution >= 0.6 is 0 Å². The van der Waals surface area contributed by atoms with Gasteiger partial charge < -0.3 is 4.42 Å². The fraction of sp³-hybridized carbons (Fsp3) is 0.115. The van der Waals surface area contributed by atoms with Crippen LogP contribution in [0.25, 0.3) is 39.0 Å². The molecule has 0 aliphatic heterocycles. The molecule has 2 aromatic heterocycles. The molecule has 0 bridgehead atoms. The number of aryl methyl sites for hydroxylation is 3. The number of hydrogen-bond acceptors (Lipinski definition) is 4. The number of oxazole rings is 1.